The Bertz CT molecular complexity index is 189. The molecule has 1 unspecified atom stereocenters. The molecule has 0 fully saturated rings. The van der Waals surface area contributed by atoms with Gasteiger partial charge in [0.1, 0.15) is 0 Å². The standard InChI is InChI=1S/C10H20N2O/c1-5-9(11)6-10(13)12(4)7-8(2)3/h9H,2,5-7,11H2,1,3-4H3. The largest absolute Gasteiger partial charge is 0.342 e. The van der Waals surface area contributed by atoms with Crippen molar-refractivity contribution in [3.8, 4) is 0 Å². The number of hydrogen-bond donors (Lipinski definition) is 1. The van der Waals surface area contributed by atoms with Gasteiger partial charge in [-0.25, -0.2) is 0 Å². The highest BCUT2D eigenvalue weighted by atomic mass is 16.2. The Morgan fingerprint density at radius 2 is 2.15 bits per heavy atom. The van der Waals surface area contributed by atoms with Gasteiger partial charge in [-0.3, -0.25) is 4.79 Å². The zero-order chi connectivity index (χ0) is 10.4. The Labute approximate surface area is 80.6 Å². The molecular formula is C10H20N2O. The van der Waals surface area contributed by atoms with E-state index in [1.54, 1.807) is 11.9 Å². The Hall–Kier alpha value is -0.830. The second-order valence-electron chi connectivity index (χ2n) is 3.58. The Kier molecular flexibility index (Phi) is 5.39. The molecule has 76 valence electrons. The highest BCUT2D eigenvalue weighted by Crippen LogP contribution is 2.00. The summed E-state index contributed by atoms with van der Waals surface area (Å²) in [6, 6.07) is -0.0138. The first-order valence-electron chi connectivity index (χ1n) is 4.61. The first-order valence-corrected chi connectivity index (χ1v) is 4.61. The normalized spacial score (nSPS) is 12.3. The summed E-state index contributed by atoms with van der Waals surface area (Å²) in [4.78, 5) is 13.1. The number of likely N-dealkylation sites (N-methyl/N-ethyl adjacent to an activating group) is 1. The lowest BCUT2D eigenvalue weighted by molar-refractivity contribution is -0.129. The molecule has 0 aromatic rings. The number of rotatable bonds is 5. The van der Waals surface area contributed by atoms with Gasteiger partial charge in [0.2, 0.25) is 5.91 Å². The van der Waals surface area contributed by atoms with Crippen LogP contribution in [-0.4, -0.2) is 30.4 Å². The molecule has 0 rings (SSSR count). The summed E-state index contributed by atoms with van der Waals surface area (Å²) in [6.07, 6.45) is 1.27. The molecule has 0 aliphatic rings. The Morgan fingerprint density at radius 1 is 1.62 bits per heavy atom. The maximum Gasteiger partial charge on any atom is 0.224 e. The minimum absolute atomic E-state index is 0.0138. The highest BCUT2D eigenvalue weighted by molar-refractivity contribution is 5.76. The smallest absolute Gasteiger partial charge is 0.224 e. The van der Waals surface area contributed by atoms with E-state index in [0.29, 0.717) is 13.0 Å². The van der Waals surface area contributed by atoms with Crippen LogP contribution in [0.4, 0.5) is 0 Å². The van der Waals surface area contributed by atoms with Crippen LogP contribution in [-0.2, 0) is 4.79 Å². The van der Waals surface area contributed by atoms with Crippen molar-refractivity contribution in [2.45, 2.75) is 32.7 Å². The van der Waals surface area contributed by atoms with Crippen molar-refractivity contribution >= 4 is 5.91 Å². The van der Waals surface area contributed by atoms with E-state index in [1.165, 1.54) is 0 Å². The second-order valence-corrected chi connectivity index (χ2v) is 3.58. The summed E-state index contributed by atoms with van der Waals surface area (Å²) in [7, 11) is 1.78. The maximum absolute atomic E-state index is 11.5. The van der Waals surface area contributed by atoms with Crippen LogP contribution in [0, 0.1) is 0 Å². The fourth-order valence-electron chi connectivity index (χ4n) is 1.02. The molecule has 3 nitrogen and oxygen atoms in total. The van der Waals surface area contributed by atoms with Crippen LogP contribution in [0.1, 0.15) is 26.7 Å². The van der Waals surface area contributed by atoms with E-state index >= 15 is 0 Å². The third-order valence-corrected chi connectivity index (χ3v) is 1.89. The lowest BCUT2D eigenvalue weighted by Crippen LogP contribution is -2.33. The topological polar surface area (TPSA) is 46.3 Å². The van der Waals surface area contributed by atoms with E-state index in [2.05, 4.69) is 6.58 Å². The monoisotopic (exact) mass is 184 g/mol. The Balaban J connectivity index is 3.89. The quantitative estimate of drug-likeness (QED) is 0.651. The van der Waals surface area contributed by atoms with Gasteiger partial charge in [0.15, 0.2) is 0 Å². The molecule has 0 saturated heterocycles. The van der Waals surface area contributed by atoms with Crippen LogP contribution in [0.3, 0.4) is 0 Å². The van der Waals surface area contributed by atoms with E-state index in [1.807, 2.05) is 13.8 Å². The Morgan fingerprint density at radius 3 is 2.54 bits per heavy atom. The van der Waals surface area contributed by atoms with Gasteiger partial charge in [0.25, 0.3) is 0 Å². The van der Waals surface area contributed by atoms with Crippen LogP contribution in [0.5, 0.6) is 0 Å². The van der Waals surface area contributed by atoms with E-state index in [4.69, 9.17) is 5.73 Å². The average Bonchev–Trinajstić information content (AvgIpc) is 2.02. The predicted molar refractivity (Wildman–Crippen MR) is 55.3 cm³/mol. The highest BCUT2D eigenvalue weighted by Gasteiger charge is 2.11. The molecule has 0 radical (unpaired) electrons. The fraction of sp³-hybridized carbons (Fsp3) is 0.700. The summed E-state index contributed by atoms with van der Waals surface area (Å²) < 4.78 is 0. The third-order valence-electron chi connectivity index (χ3n) is 1.89. The van der Waals surface area contributed by atoms with Gasteiger partial charge in [0, 0.05) is 26.1 Å². The number of nitrogens with two attached hydrogens (primary N) is 1. The zero-order valence-corrected chi connectivity index (χ0v) is 8.84. The van der Waals surface area contributed by atoms with Crippen molar-refractivity contribution in [1.82, 2.24) is 4.90 Å². The number of amides is 1. The van der Waals surface area contributed by atoms with Gasteiger partial charge in [0.05, 0.1) is 0 Å². The van der Waals surface area contributed by atoms with Crippen LogP contribution in [0.15, 0.2) is 12.2 Å². The van der Waals surface area contributed by atoms with Crippen LogP contribution < -0.4 is 5.73 Å². The predicted octanol–water partition coefficient (Wildman–Crippen LogP) is 1.15. The van der Waals surface area contributed by atoms with E-state index < -0.39 is 0 Å². The summed E-state index contributed by atoms with van der Waals surface area (Å²) in [5, 5.41) is 0. The minimum atomic E-state index is -0.0138. The molecule has 0 aliphatic heterocycles. The van der Waals surface area contributed by atoms with E-state index in [-0.39, 0.29) is 11.9 Å². The van der Waals surface area contributed by atoms with Crippen LogP contribution >= 0.6 is 0 Å². The zero-order valence-electron chi connectivity index (χ0n) is 8.84. The van der Waals surface area contributed by atoms with Gasteiger partial charge in [-0.05, 0) is 13.3 Å². The van der Waals surface area contributed by atoms with Gasteiger partial charge in [-0.15, -0.1) is 0 Å². The lowest BCUT2D eigenvalue weighted by Gasteiger charge is -2.18. The van der Waals surface area contributed by atoms with Crippen molar-refractivity contribution in [3.63, 3.8) is 0 Å². The molecular weight excluding hydrogens is 164 g/mol. The fourth-order valence-corrected chi connectivity index (χ4v) is 1.02. The summed E-state index contributed by atoms with van der Waals surface area (Å²) in [5.74, 6) is 0.0948. The van der Waals surface area contributed by atoms with Crippen molar-refractivity contribution in [2.75, 3.05) is 13.6 Å². The third kappa shape index (κ3) is 5.42. The van der Waals surface area contributed by atoms with Crippen molar-refractivity contribution in [1.29, 1.82) is 0 Å². The van der Waals surface area contributed by atoms with Crippen molar-refractivity contribution in [3.05, 3.63) is 12.2 Å². The molecule has 0 spiro atoms. The molecule has 0 bridgehead atoms. The lowest BCUT2D eigenvalue weighted by atomic mass is 10.1. The molecule has 1 atom stereocenters. The van der Waals surface area contributed by atoms with Gasteiger partial charge in [-0.2, -0.15) is 0 Å². The van der Waals surface area contributed by atoms with Gasteiger partial charge >= 0.3 is 0 Å². The molecule has 1 amide bonds. The van der Waals surface area contributed by atoms with E-state index in [9.17, 15) is 4.79 Å². The molecule has 3 heteroatoms. The number of carbonyl (C=O) groups excluding carboxylic acids is 1. The molecule has 0 aromatic heterocycles. The average molecular weight is 184 g/mol. The number of nitrogens with zero attached hydrogens (tertiary/aromatic N) is 1. The van der Waals surface area contributed by atoms with Gasteiger partial charge in [-0.1, -0.05) is 19.1 Å². The maximum atomic E-state index is 11.5. The van der Waals surface area contributed by atoms with Crippen LogP contribution in [0.25, 0.3) is 0 Å². The molecule has 0 saturated carbocycles. The van der Waals surface area contributed by atoms with Gasteiger partial charge < -0.3 is 10.6 Å². The molecule has 0 heterocycles. The van der Waals surface area contributed by atoms with Crippen molar-refractivity contribution in [2.24, 2.45) is 5.73 Å². The van der Waals surface area contributed by atoms with Crippen LogP contribution in [0.2, 0.25) is 0 Å². The number of carbonyl (C=O) groups is 1. The first kappa shape index (κ1) is 12.2. The summed E-state index contributed by atoms with van der Waals surface area (Å²) >= 11 is 0. The summed E-state index contributed by atoms with van der Waals surface area (Å²) in [6.45, 7) is 8.26. The molecule has 2 N–H and O–H groups in total. The minimum Gasteiger partial charge on any atom is -0.342 e. The number of hydrogen-bond acceptors (Lipinski definition) is 2. The molecule has 13 heavy (non-hydrogen) atoms. The SMILES string of the molecule is C=C(C)CN(C)C(=O)CC(N)CC. The van der Waals surface area contributed by atoms with Crippen molar-refractivity contribution < 1.29 is 4.79 Å². The second kappa shape index (κ2) is 5.75. The molecule has 0 aliphatic carbocycles. The summed E-state index contributed by atoms with van der Waals surface area (Å²) in [5.41, 5.74) is 6.66. The van der Waals surface area contributed by atoms with E-state index in [0.717, 1.165) is 12.0 Å². The first-order chi connectivity index (χ1) is 5.97. The molecule has 0 aromatic carbocycles.